The van der Waals surface area contributed by atoms with Crippen molar-refractivity contribution in [2.75, 3.05) is 0 Å². The Kier molecular flexibility index (Phi) is 5.65. The fourth-order valence-corrected chi connectivity index (χ4v) is 4.33. The summed E-state index contributed by atoms with van der Waals surface area (Å²) in [6, 6.07) is 0. The molecule has 27 heavy (non-hydrogen) atoms. The molecular formula is C20H31ClO6. The Hall–Kier alpha value is -0.950. The first-order valence-corrected chi connectivity index (χ1v) is 9.75. The normalized spacial score (nSPS) is 37.7. The molecule has 0 heterocycles. The first-order chi connectivity index (χ1) is 12.0. The van der Waals surface area contributed by atoms with E-state index in [0.717, 1.165) is 0 Å². The number of halogens is 1. The maximum atomic E-state index is 12.5. The molecule has 6 nitrogen and oxygen atoms in total. The summed E-state index contributed by atoms with van der Waals surface area (Å²) in [5, 5.41) is 31.0. The molecule has 0 spiro atoms. The summed E-state index contributed by atoms with van der Waals surface area (Å²) in [6.45, 7) is 9.34. The highest BCUT2D eigenvalue weighted by molar-refractivity contribution is 6.22. The Morgan fingerprint density at radius 1 is 1.33 bits per heavy atom. The summed E-state index contributed by atoms with van der Waals surface area (Å²) in [5.41, 5.74) is -4.91. The molecule has 1 fully saturated rings. The second-order valence-corrected chi connectivity index (χ2v) is 9.95. The van der Waals surface area contributed by atoms with Crippen LogP contribution in [0, 0.1) is 11.3 Å². The van der Waals surface area contributed by atoms with Gasteiger partial charge in [0.2, 0.25) is 0 Å². The number of hydrogen-bond acceptors (Lipinski definition) is 6. The lowest BCUT2D eigenvalue weighted by Gasteiger charge is -2.54. The molecule has 1 saturated carbocycles. The maximum absolute atomic E-state index is 12.5. The Morgan fingerprint density at radius 2 is 1.89 bits per heavy atom. The quantitative estimate of drug-likeness (QED) is 0.491. The number of fused-ring (bicyclic) bond motifs is 1. The van der Waals surface area contributed by atoms with Gasteiger partial charge in [-0.2, -0.15) is 0 Å². The summed E-state index contributed by atoms with van der Waals surface area (Å²) in [4.78, 5) is 24.9. The van der Waals surface area contributed by atoms with Crippen LogP contribution in [0.15, 0.2) is 11.6 Å². The van der Waals surface area contributed by atoms with Crippen molar-refractivity contribution in [1.82, 2.24) is 0 Å². The van der Waals surface area contributed by atoms with E-state index in [1.807, 2.05) is 6.92 Å². The molecular weight excluding hydrogens is 372 g/mol. The number of ketones is 1. The minimum Gasteiger partial charge on any atom is -0.457 e. The van der Waals surface area contributed by atoms with Crippen LogP contribution >= 0.6 is 11.6 Å². The number of alkyl halides is 1. The van der Waals surface area contributed by atoms with E-state index in [2.05, 4.69) is 0 Å². The third-order valence-corrected chi connectivity index (χ3v) is 6.73. The number of Topliss-reactive ketones (excluding diaryl/α,β-unsaturated/α-hetero) is 1. The molecule has 0 aromatic rings. The van der Waals surface area contributed by atoms with Crippen LogP contribution in [0.2, 0.25) is 0 Å². The fraction of sp³-hybridized carbons (Fsp3) is 0.800. The zero-order valence-corrected chi connectivity index (χ0v) is 17.6. The predicted octanol–water partition coefficient (Wildman–Crippen LogP) is 2.11. The van der Waals surface area contributed by atoms with E-state index in [4.69, 9.17) is 16.3 Å². The molecule has 0 amide bonds. The van der Waals surface area contributed by atoms with Crippen molar-refractivity contribution < 1.29 is 29.6 Å². The van der Waals surface area contributed by atoms with E-state index < -0.39 is 45.6 Å². The number of esters is 1. The Morgan fingerprint density at radius 3 is 2.37 bits per heavy atom. The van der Waals surface area contributed by atoms with Crippen molar-refractivity contribution in [3.63, 3.8) is 0 Å². The molecule has 0 aromatic heterocycles. The largest absolute Gasteiger partial charge is 0.457 e. The summed E-state index contributed by atoms with van der Waals surface area (Å²) in [7, 11) is 0. The van der Waals surface area contributed by atoms with Crippen LogP contribution in [0.1, 0.15) is 60.8 Å². The number of carbonyl (C=O) groups excluding carboxylic acids is 2. The number of ether oxygens (including phenoxy) is 1. The van der Waals surface area contributed by atoms with E-state index in [-0.39, 0.29) is 17.8 Å². The minimum absolute atomic E-state index is 0.133. The van der Waals surface area contributed by atoms with E-state index in [9.17, 15) is 24.9 Å². The lowest BCUT2D eigenvalue weighted by atomic mass is 9.54. The van der Waals surface area contributed by atoms with E-state index in [1.54, 1.807) is 13.0 Å². The van der Waals surface area contributed by atoms with Crippen LogP contribution in [0.4, 0.5) is 0 Å². The van der Waals surface area contributed by atoms with Crippen LogP contribution in [0.25, 0.3) is 0 Å². The molecule has 0 aliphatic heterocycles. The standard InChI is InChI=1S/C20H31ClO6/c1-11(21)19(5,25)16(23)27-15-7-8-18(4)10-13(22)12(17(2,3)24)9-14(18)20(15,6)26/h9,11,14-15,24-26H,7-8,10H2,1-6H3. The first kappa shape index (κ1) is 22.3. The number of rotatable bonds is 4. The molecule has 2 aliphatic carbocycles. The zero-order valence-electron chi connectivity index (χ0n) is 16.9. The van der Waals surface area contributed by atoms with Crippen molar-refractivity contribution in [3.05, 3.63) is 11.6 Å². The molecule has 7 heteroatoms. The minimum atomic E-state index is -1.88. The highest BCUT2D eigenvalue weighted by Gasteiger charge is 2.57. The van der Waals surface area contributed by atoms with Crippen LogP contribution in [0.3, 0.4) is 0 Å². The van der Waals surface area contributed by atoms with Crippen LogP contribution in [-0.2, 0) is 14.3 Å². The van der Waals surface area contributed by atoms with Gasteiger partial charge in [-0.3, -0.25) is 4.79 Å². The van der Waals surface area contributed by atoms with Gasteiger partial charge in [0.1, 0.15) is 11.7 Å². The van der Waals surface area contributed by atoms with Crippen molar-refractivity contribution in [3.8, 4) is 0 Å². The molecule has 6 atom stereocenters. The molecule has 3 N–H and O–H groups in total. The van der Waals surface area contributed by atoms with Gasteiger partial charge < -0.3 is 20.1 Å². The molecule has 2 aliphatic rings. The second-order valence-electron chi connectivity index (χ2n) is 9.29. The molecule has 0 radical (unpaired) electrons. The molecule has 0 saturated heterocycles. The average Bonchev–Trinajstić information content (AvgIpc) is 2.47. The Bertz CT molecular complexity index is 658. The Balaban J connectivity index is 2.37. The topological polar surface area (TPSA) is 104 Å². The third kappa shape index (κ3) is 3.95. The number of aliphatic hydroxyl groups is 3. The van der Waals surface area contributed by atoms with Crippen LogP contribution in [-0.4, -0.2) is 55.4 Å². The molecule has 0 bridgehead atoms. The van der Waals surface area contributed by atoms with Gasteiger partial charge >= 0.3 is 5.97 Å². The lowest BCUT2D eigenvalue weighted by molar-refractivity contribution is -0.203. The lowest BCUT2D eigenvalue weighted by Crippen LogP contribution is -2.60. The van der Waals surface area contributed by atoms with Gasteiger partial charge in [0.15, 0.2) is 11.4 Å². The fourth-order valence-electron chi connectivity index (χ4n) is 4.24. The SMILES string of the molecule is CC(Cl)C(C)(O)C(=O)OC1CCC2(C)CC(=O)C(C(C)(C)O)=CC2C1(C)O. The summed E-state index contributed by atoms with van der Waals surface area (Å²) in [5.74, 6) is -1.52. The zero-order chi connectivity index (χ0) is 21.0. The van der Waals surface area contributed by atoms with Gasteiger partial charge in [-0.25, -0.2) is 4.79 Å². The van der Waals surface area contributed by atoms with E-state index in [1.165, 1.54) is 27.7 Å². The van der Waals surface area contributed by atoms with Crippen LogP contribution in [0.5, 0.6) is 0 Å². The smallest absolute Gasteiger partial charge is 0.339 e. The number of hydrogen-bond donors (Lipinski definition) is 3. The second kappa shape index (κ2) is 6.83. The average molecular weight is 403 g/mol. The monoisotopic (exact) mass is 402 g/mol. The summed E-state index contributed by atoms with van der Waals surface area (Å²) < 4.78 is 5.47. The molecule has 6 unspecified atom stereocenters. The first-order valence-electron chi connectivity index (χ1n) is 9.31. The van der Waals surface area contributed by atoms with Gasteiger partial charge in [-0.1, -0.05) is 13.0 Å². The van der Waals surface area contributed by atoms with E-state index >= 15 is 0 Å². The maximum Gasteiger partial charge on any atom is 0.339 e. The third-order valence-electron chi connectivity index (χ3n) is 6.30. The molecule has 0 aromatic carbocycles. The van der Waals surface area contributed by atoms with Crippen molar-refractivity contribution in [2.45, 2.75) is 89.1 Å². The van der Waals surface area contributed by atoms with Crippen molar-refractivity contribution in [2.24, 2.45) is 11.3 Å². The summed E-state index contributed by atoms with van der Waals surface area (Å²) in [6.07, 6.45) is 1.90. The van der Waals surface area contributed by atoms with Gasteiger partial charge in [-0.15, -0.1) is 11.6 Å². The predicted molar refractivity (Wildman–Crippen MR) is 101 cm³/mol. The highest BCUT2D eigenvalue weighted by Crippen LogP contribution is 2.54. The van der Waals surface area contributed by atoms with E-state index in [0.29, 0.717) is 12.8 Å². The van der Waals surface area contributed by atoms with Crippen molar-refractivity contribution in [1.29, 1.82) is 0 Å². The number of carbonyl (C=O) groups is 2. The van der Waals surface area contributed by atoms with Gasteiger partial charge in [0.25, 0.3) is 0 Å². The van der Waals surface area contributed by atoms with Gasteiger partial charge in [0, 0.05) is 17.9 Å². The Labute approximate surface area is 165 Å². The summed E-state index contributed by atoms with van der Waals surface area (Å²) >= 11 is 5.88. The van der Waals surface area contributed by atoms with Gasteiger partial charge in [-0.05, 0) is 52.9 Å². The van der Waals surface area contributed by atoms with Crippen molar-refractivity contribution >= 4 is 23.4 Å². The molecule has 154 valence electrons. The highest BCUT2D eigenvalue weighted by atomic mass is 35.5. The van der Waals surface area contributed by atoms with Gasteiger partial charge in [0.05, 0.1) is 11.0 Å². The molecule has 2 rings (SSSR count). The van der Waals surface area contributed by atoms with Crippen LogP contribution < -0.4 is 0 Å².